The summed E-state index contributed by atoms with van der Waals surface area (Å²) in [5.74, 6) is -1.53. The van der Waals surface area contributed by atoms with Crippen LogP contribution in [0.3, 0.4) is 0 Å². The van der Waals surface area contributed by atoms with E-state index in [4.69, 9.17) is 23.3 Å². The molecular weight excluding hydrogens is 928 g/mol. The third kappa shape index (κ3) is 51.3. The summed E-state index contributed by atoms with van der Waals surface area (Å²) >= 11 is 0. The summed E-state index contributed by atoms with van der Waals surface area (Å²) in [4.78, 5) is 48.5. The zero-order valence-corrected chi connectivity index (χ0v) is 46.3. The quantitative estimate of drug-likeness (QED) is 0.0197. The summed E-state index contributed by atoms with van der Waals surface area (Å²) < 4.78 is 39.4. The lowest BCUT2D eigenvalue weighted by Crippen LogP contribution is -2.30. The highest BCUT2D eigenvalue weighted by atomic mass is 31.2. The number of esters is 3. The molecule has 0 rings (SSSR count). The average molecular weight is 1030 g/mol. The summed E-state index contributed by atoms with van der Waals surface area (Å²) in [5, 5.41) is 9.81. The van der Waals surface area contributed by atoms with Gasteiger partial charge in [-0.05, 0) is 116 Å². The molecule has 12 heteroatoms. The molecule has 0 heterocycles. The van der Waals surface area contributed by atoms with E-state index in [0.29, 0.717) is 19.3 Å². The number of aliphatic hydroxyl groups excluding tert-OH is 1. The Kier molecular flexibility index (Phi) is 51.0. The Morgan fingerprint density at radius 3 is 1.17 bits per heavy atom. The van der Waals surface area contributed by atoms with Gasteiger partial charge in [0.15, 0.2) is 6.10 Å². The van der Waals surface area contributed by atoms with Crippen molar-refractivity contribution >= 4 is 25.7 Å². The van der Waals surface area contributed by atoms with Crippen molar-refractivity contribution in [2.45, 2.75) is 238 Å². The Balaban J connectivity index is 4.80. The van der Waals surface area contributed by atoms with E-state index in [1.807, 2.05) is 0 Å². The second-order valence-electron chi connectivity index (χ2n) is 18.4. The van der Waals surface area contributed by atoms with Gasteiger partial charge in [0.25, 0.3) is 0 Å². The zero-order chi connectivity index (χ0) is 52.7. The number of hydrogen-bond donors (Lipinski definition) is 2. The first kappa shape index (κ1) is 68.4. The van der Waals surface area contributed by atoms with Gasteiger partial charge >= 0.3 is 25.7 Å². The molecule has 0 radical (unpaired) electrons. The van der Waals surface area contributed by atoms with Crippen LogP contribution in [0.25, 0.3) is 0 Å². The van der Waals surface area contributed by atoms with Crippen molar-refractivity contribution in [3.8, 4) is 0 Å². The van der Waals surface area contributed by atoms with Crippen LogP contribution >= 0.6 is 7.82 Å². The fourth-order valence-electron chi connectivity index (χ4n) is 7.18. The minimum absolute atomic E-state index is 0.131. The molecule has 0 aromatic carbocycles. The van der Waals surface area contributed by atoms with Gasteiger partial charge in [-0.1, -0.05) is 189 Å². The smallest absolute Gasteiger partial charge is 0.462 e. The number of carbonyl (C=O) groups excluding carboxylic acids is 3. The molecule has 0 aliphatic carbocycles. The van der Waals surface area contributed by atoms with Crippen molar-refractivity contribution in [3.05, 3.63) is 97.2 Å². The molecule has 412 valence electrons. The lowest BCUT2D eigenvalue weighted by atomic mass is 10.1. The van der Waals surface area contributed by atoms with Crippen molar-refractivity contribution in [1.29, 1.82) is 0 Å². The highest BCUT2D eigenvalue weighted by Gasteiger charge is 2.28. The number of phosphoric acid groups is 1. The molecule has 0 saturated heterocycles. The summed E-state index contributed by atoms with van der Waals surface area (Å²) in [5.41, 5.74) is 0. The van der Waals surface area contributed by atoms with Crippen LogP contribution in [0, 0.1) is 0 Å². The molecule has 0 saturated carbocycles. The topological polar surface area (TPSA) is 155 Å². The average Bonchev–Trinajstić information content (AvgIpc) is 3.37. The van der Waals surface area contributed by atoms with E-state index in [1.165, 1.54) is 19.3 Å². The maximum Gasteiger partial charge on any atom is 0.472 e. The van der Waals surface area contributed by atoms with Crippen LogP contribution in [-0.2, 0) is 42.2 Å². The molecular formula is C60H101O11P. The minimum atomic E-state index is -4.76. The first-order chi connectivity index (χ1) is 35.2. The number of hydrogen-bond acceptors (Lipinski definition) is 10. The number of ether oxygens (including phenoxy) is 3. The number of unbranched alkanes of at least 4 members (excludes halogenated alkanes) is 18. The lowest BCUT2D eigenvalue weighted by molar-refractivity contribution is -0.161. The summed E-state index contributed by atoms with van der Waals surface area (Å²) in [6.07, 6.45) is 62.2. The van der Waals surface area contributed by atoms with Gasteiger partial charge in [0.1, 0.15) is 12.7 Å². The Bertz CT molecular complexity index is 1580. The largest absolute Gasteiger partial charge is 0.472 e. The highest BCUT2D eigenvalue weighted by molar-refractivity contribution is 7.47. The van der Waals surface area contributed by atoms with Gasteiger partial charge in [-0.15, -0.1) is 0 Å². The molecule has 3 atom stereocenters. The third-order valence-corrected chi connectivity index (χ3v) is 12.4. The summed E-state index contributed by atoms with van der Waals surface area (Å²) in [7, 11) is -4.76. The summed E-state index contributed by atoms with van der Waals surface area (Å²) in [6, 6.07) is 0. The van der Waals surface area contributed by atoms with Crippen LogP contribution < -0.4 is 0 Å². The molecule has 0 amide bonds. The Morgan fingerprint density at radius 1 is 0.403 bits per heavy atom. The maximum atomic E-state index is 12.9. The van der Waals surface area contributed by atoms with Gasteiger partial charge in [0.05, 0.1) is 19.8 Å². The van der Waals surface area contributed by atoms with E-state index in [2.05, 4.69) is 118 Å². The van der Waals surface area contributed by atoms with Crippen molar-refractivity contribution in [3.63, 3.8) is 0 Å². The van der Waals surface area contributed by atoms with Crippen LogP contribution in [0.4, 0.5) is 0 Å². The first-order valence-corrected chi connectivity index (χ1v) is 29.6. The van der Waals surface area contributed by atoms with Crippen molar-refractivity contribution in [1.82, 2.24) is 0 Å². The van der Waals surface area contributed by atoms with Gasteiger partial charge in [-0.3, -0.25) is 23.4 Å². The van der Waals surface area contributed by atoms with Gasteiger partial charge in [0.2, 0.25) is 0 Å². The molecule has 3 unspecified atom stereocenters. The number of carbonyl (C=O) groups is 3. The second kappa shape index (κ2) is 53.7. The van der Waals surface area contributed by atoms with E-state index < -0.39 is 57.8 Å². The van der Waals surface area contributed by atoms with E-state index in [-0.39, 0.29) is 25.9 Å². The standard InChI is InChI=1S/C60H101O11P/c1-4-7-10-13-16-19-22-25-27-28-30-33-36-39-42-45-48-51-60(64)71-57(53-67-58(62)49-46-43-40-37-34-31-24-21-18-15-12-9-6-3)55-69-72(65,66)68-54-56(52-61)70-59(63)50-47-44-41-38-35-32-29-26-23-20-17-14-11-8-5-2/h7,10,12,15-17,19-21,24-27,29-30,33,56-57,61H,4-6,8-9,11,13-14,18,22-23,28,31-32,34-55H2,1-3H3,(H,65,66)/b10-7-,15-12-,19-16-,20-17-,24-21-,27-25-,29-26-,33-30-. The molecule has 0 fully saturated rings. The molecule has 72 heavy (non-hydrogen) atoms. The predicted octanol–water partition coefficient (Wildman–Crippen LogP) is 16.5. The van der Waals surface area contributed by atoms with Crippen molar-refractivity contribution < 1.29 is 52.2 Å². The molecule has 11 nitrogen and oxygen atoms in total. The van der Waals surface area contributed by atoms with Gasteiger partial charge in [0, 0.05) is 19.3 Å². The van der Waals surface area contributed by atoms with Crippen molar-refractivity contribution in [2.75, 3.05) is 26.4 Å². The van der Waals surface area contributed by atoms with Crippen LogP contribution in [0.15, 0.2) is 97.2 Å². The molecule has 0 bridgehead atoms. The van der Waals surface area contributed by atoms with E-state index in [0.717, 1.165) is 148 Å². The molecule has 0 aromatic rings. The Labute approximate surface area is 438 Å². The first-order valence-electron chi connectivity index (χ1n) is 28.1. The van der Waals surface area contributed by atoms with Crippen LogP contribution in [0.5, 0.6) is 0 Å². The minimum Gasteiger partial charge on any atom is -0.462 e. The Hall–Kier alpha value is -3.60. The fraction of sp³-hybridized carbons (Fsp3) is 0.683. The number of aliphatic hydroxyl groups is 1. The molecule has 0 aliphatic rings. The SMILES string of the molecule is CC/C=C\C/C=C\C/C=C\C/C=C\CCCCCCC(=O)OC(COC(=O)CCCCCCC/C=C\C/C=C\CCC)COP(=O)(O)OCC(CO)OC(=O)CCCCCCC/C=C\C/C=C\CCCCC. The normalized spacial score (nSPS) is 14.1. The fourth-order valence-corrected chi connectivity index (χ4v) is 7.96. The number of phosphoric ester groups is 1. The predicted molar refractivity (Wildman–Crippen MR) is 297 cm³/mol. The number of rotatable bonds is 51. The van der Waals surface area contributed by atoms with E-state index in [1.54, 1.807) is 0 Å². The van der Waals surface area contributed by atoms with Gasteiger partial charge in [-0.2, -0.15) is 0 Å². The number of allylic oxidation sites excluding steroid dienone is 16. The molecule has 0 aromatic heterocycles. The highest BCUT2D eigenvalue weighted by Crippen LogP contribution is 2.43. The van der Waals surface area contributed by atoms with Gasteiger partial charge in [-0.25, -0.2) is 4.57 Å². The zero-order valence-electron chi connectivity index (χ0n) is 45.4. The van der Waals surface area contributed by atoms with E-state index >= 15 is 0 Å². The molecule has 2 N–H and O–H groups in total. The second-order valence-corrected chi connectivity index (χ2v) is 19.8. The molecule has 0 aliphatic heterocycles. The third-order valence-electron chi connectivity index (χ3n) is 11.4. The lowest BCUT2D eigenvalue weighted by Gasteiger charge is -2.21. The van der Waals surface area contributed by atoms with Gasteiger partial charge < -0.3 is 24.2 Å². The molecule has 0 spiro atoms. The van der Waals surface area contributed by atoms with E-state index in [9.17, 15) is 28.9 Å². The summed E-state index contributed by atoms with van der Waals surface area (Å²) in [6.45, 7) is 4.37. The Morgan fingerprint density at radius 2 is 0.750 bits per heavy atom. The van der Waals surface area contributed by atoms with Crippen molar-refractivity contribution in [2.24, 2.45) is 0 Å². The van der Waals surface area contributed by atoms with Crippen LogP contribution in [0.2, 0.25) is 0 Å². The van der Waals surface area contributed by atoms with Crippen LogP contribution in [0.1, 0.15) is 226 Å². The maximum absolute atomic E-state index is 12.9. The van der Waals surface area contributed by atoms with Crippen LogP contribution in [-0.4, -0.2) is 66.5 Å². The monoisotopic (exact) mass is 1030 g/mol.